The number of carbonyl (C=O) groups is 2. The highest BCUT2D eigenvalue weighted by Crippen LogP contribution is 2.36. The van der Waals surface area contributed by atoms with Gasteiger partial charge in [-0.25, -0.2) is 4.79 Å². The van der Waals surface area contributed by atoms with Gasteiger partial charge in [0.2, 0.25) is 6.04 Å². The van der Waals surface area contributed by atoms with Crippen molar-refractivity contribution in [3.05, 3.63) is 105 Å². The maximum absolute atomic E-state index is 13.3. The van der Waals surface area contributed by atoms with Gasteiger partial charge in [0.25, 0.3) is 5.91 Å². The number of benzene rings is 2. The van der Waals surface area contributed by atoms with Gasteiger partial charge < -0.3 is 15.2 Å². The molecule has 1 unspecified atom stereocenters. The van der Waals surface area contributed by atoms with Crippen molar-refractivity contribution < 1.29 is 37.5 Å². The lowest BCUT2D eigenvalue weighted by Gasteiger charge is -2.20. The second-order valence-electron chi connectivity index (χ2n) is 7.11. The molecular weight excluding hydrogens is 457 g/mol. The summed E-state index contributed by atoms with van der Waals surface area (Å²) in [5, 5.41) is 22.5. The standard InChI is InChI=1S/C23H17F3N2O6/c24-23(25,26)18-13-16(28(32)33)8-11-20(18)34-17-9-6-14(7-10-17)12-19(22(30)31)27-21(29)15-4-2-1-3-5-15/h1-12,16H,13H2,(H,27,29)(H,30,31)/b19-12-. The van der Waals surface area contributed by atoms with Gasteiger partial charge in [0.1, 0.15) is 17.2 Å². The van der Waals surface area contributed by atoms with E-state index in [-0.39, 0.29) is 11.3 Å². The first kappa shape index (κ1) is 24.2. The molecule has 11 heteroatoms. The van der Waals surface area contributed by atoms with Crippen molar-refractivity contribution in [1.82, 2.24) is 5.32 Å². The minimum atomic E-state index is -4.82. The van der Waals surface area contributed by atoms with E-state index in [1.807, 2.05) is 0 Å². The van der Waals surface area contributed by atoms with Crippen LogP contribution in [0.1, 0.15) is 22.3 Å². The molecule has 0 spiro atoms. The van der Waals surface area contributed by atoms with Crippen molar-refractivity contribution in [2.75, 3.05) is 0 Å². The lowest BCUT2D eigenvalue weighted by molar-refractivity contribution is -0.509. The average Bonchev–Trinajstić information content (AvgIpc) is 2.79. The molecule has 0 aromatic heterocycles. The van der Waals surface area contributed by atoms with Crippen LogP contribution in [0.4, 0.5) is 13.2 Å². The van der Waals surface area contributed by atoms with E-state index in [1.54, 1.807) is 18.2 Å². The molecular formula is C23H17F3N2O6. The lowest BCUT2D eigenvalue weighted by atomic mass is 9.99. The molecule has 0 saturated heterocycles. The first-order valence-electron chi connectivity index (χ1n) is 9.76. The van der Waals surface area contributed by atoms with Gasteiger partial charge in [0, 0.05) is 10.5 Å². The number of allylic oxidation sites excluding steroid dienone is 1. The fraction of sp³-hybridized carbons (Fsp3) is 0.130. The number of ether oxygens (including phenoxy) is 1. The monoisotopic (exact) mass is 474 g/mol. The van der Waals surface area contributed by atoms with Crippen molar-refractivity contribution in [3.63, 3.8) is 0 Å². The van der Waals surface area contributed by atoms with Crippen molar-refractivity contribution in [1.29, 1.82) is 0 Å². The van der Waals surface area contributed by atoms with Gasteiger partial charge in [0.15, 0.2) is 0 Å². The van der Waals surface area contributed by atoms with Crippen LogP contribution >= 0.6 is 0 Å². The van der Waals surface area contributed by atoms with Crippen molar-refractivity contribution in [3.8, 4) is 5.75 Å². The van der Waals surface area contributed by atoms with Crippen molar-refractivity contribution in [2.24, 2.45) is 0 Å². The number of aliphatic carboxylic acids is 1. The van der Waals surface area contributed by atoms with E-state index < -0.39 is 52.5 Å². The Bertz CT molecular complexity index is 1190. The summed E-state index contributed by atoms with van der Waals surface area (Å²) in [4.78, 5) is 33.8. The summed E-state index contributed by atoms with van der Waals surface area (Å²) < 4.78 is 45.3. The van der Waals surface area contributed by atoms with Crippen molar-refractivity contribution in [2.45, 2.75) is 18.6 Å². The fourth-order valence-electron chi connectivity index (χ4n) is 3.03. The number of rotatable bonds is 7. The Hall–Kier alpha value is -4.41. The number of halogens is 3. The van der Waals surface area contributed by atoms with Gasteiger partial charge in [-0.05, 0) is 48.1 Å². The normalized spacial score (nSPS) is 16.2. The Morgan fingerprint density at radius 3 is 2.32 bits per heavy atom. The molecule has 3 rings (SSSR count). The van der Waals surface area contributed by atoms with E-state index in [1.165, 1.54) is 42.5 Å². The minimum absolute atomic E-state index is 0.00305. The molecule has 1 atom stereocenters. The number of nitrogens with one attached hydrogen (secondary N) is 1. The maximum Gasteiger partial charge on any atom is 0.416 e. The summed E-state index contributed by atoms with van der Waals surface area (Å²) in [7, 11) is 0. The molecule has 2 N–H and O–H groups in total. The Balaban J connectivity index is 1.79. The zero-order chi connectivity index (χ0) is 24.9. The van der Waals surface area contributed by atoms with Crippen molar-refractivity contribution >= 4 is 18.0 Å². The van der Waals surface area contributed by atoms with Crippen LogP contribution in [0.5, 0.6) is 5.75 Å². The van der Waals surface area contributed by atoms with Crippen LogP contribution in [0.3, 0.4) is 0 Å². The summed E-state index contributed by atoms with van der Waals surface area (Å²) in [6, 6.07) is 11.8. The molecule has 1 amide bonds. The van der Waals surface area contributed by atoms with Crippen LogP contribution in [-0.4, -0.2) is 34.1 Å². The molecule has 1 aliphatic rings. The van der Waals surface area contributed by atoms with Crippen LogP contribution in [0.2, 0.25) is 0 Å². The third kappa shape index (κ3) is 6.09. The Kier molecular flexibility index (Phi) is 7.15. The van der Waals surface area contributed by atoms with Gasteiger partial charge in [0.05, 0.1) is 12.0 Å². The third-order valence-electron chi connectivity index (χ3n) is 4.73. The Morgan fingerprint density at radius 1 is 1.12 bits per heavy atom. The second kappa shape index (κ2) is 10.0. The minimum Gasteiger partial charge on any atom is -0.477 e. The topological polar surface area (TPSA) is 119 Å². The van der Waals surface area contributed by atoms with Gasteiger partial charge in [-0.1, -0.05) is 30.3 Å². The van der Waals surface area contributed by atoms with Crippen LogP contribution in [0, 0.1) is 10.1 Å². The highest BCUT2D eigenvalue weighted by Gasteiger charge is 2.42. The number of carbonyl (C=O) groups excluding carboxylic acids is 1. The molecule has 34 heavy (non-hydrogen) atoms. The predicted octanol–water partition coefficient (Wildman–Crippen LogP) is 4.34. The van der Waals surface area contributed by atoms with E-state index in [4.69, 9.17) is 4.74 Å². The van der Waals surface area contributed by atoms with Gasteiger partial charge in [-0.15, -0.1) is 0 Å². The van der Waals surface area contributed by atoms with Crippen LogP contribution in [0.15, 0.2) is 83.8 Å². The summed E-state index contributed by atoms with van der Waals surface area (Å²) in [5.74, 6) is -2.58. The maximum atomic E-state index is 13.3. The SMILES string of the molecule is O=C(O)/C(=C/c1ccc(OC2=C(C(F)(F)F)CC([N+](=O)[O-])C=C2)cc1)NC(=O)c1ccccc1. The number of carboxylic acid groups (broad SMARTS) is 1. The molecule has 0 bridgehead atoms. The number of nitro groups is 1. The fourth-order valence-corrected chi connectivity index (χ4v) is 3.03. The van der Waals surface area contributed by atoms with E-state index >= 15 is 0 Å². The smallest absolute Gasteiger partial charge is 0.416 e. The van der Waals surface area contributed by atoms with E-state index in [0.717, 1.165) is 12.2 Å². The molecule has 0 heterocycles. The van der Waals surface area contributed by atoms with Crippen LogP contribution in [0.25, 0.3) is 6.08 Å². The third-order valence-corrected chi connectivity index (χ3v) is 4.73. The van der Waals surface area contributed by atoms with Gasteiger partial charge in [-0.2, -0.15) is 13.2 Å². The molecule has 8 nitrogen and oxygen atoms in total. The summed E-state index contributed by atoms with van der Waals surface area (Å²) >= 11 is 0. The van der Waals surface area contributed by atoms with Crippen LogP contribution in [-0.2, 0) is 4.79 Å². The van der Waals surface area contributed by atoms with Crippen LogP contribution < -0.4 is 10.1 Å². The van der Waals surface area contributed by atoms with E-state index in [2.05, 4.69) is 5.32 Å². The highest BCUT2D eigenvalue weighted by molar-refractivity contribution is 6.02. The molecule has 2 aromatic carbocycles. The number of hydrogen-bond acceptors (Lipinski definition) is 5. The molecule has 2 aromatic rings. The molecule has 0 aliphatic heterocycles. The number of hydrogen-bond donors (Lipinski definition) is 2. The molecule has 176 valence electrons. The zero-order valence-electron chi connectivity index (χ0n) is 17.3. The van der Waals surface area contributed by atoms with Gasteiger partial charge in [-0.3, -0.25) is 14.9 Å². The number of carboxylic acids is 1. The molecule has 0 radical (unpaired) electrons. The second-order valence-corrected chi connectivity index (χ2v) is 7.11. The van der Waals surface area contributed by atoms with E-state index in [0.29, 0.717) is 5.56 Å². The largest absolute Gasteiger partial charge is 0.477 e. The average molecular weight is 474 g/mol. The first-order valence-corrected chi connectivity index (χ1v) is 9.76. The Morgan fingerprint density at radius 2 is 1.76 bits per heavy atom. The molecule has 1 aliphatic carbocycles. The number of alkyl halides is 3. The zero-order valence-corrected chi connectivity index (χ0v) is 17.3. The van der Waals surface area contributed by atoms with E-state index in [9.17, 15) is 38.0 Å². The molecule has 0 saturated carbocycles. The first-order chi connectivity index (χ1) is 16.0. The summed E-state index contributed by atoms with van der Waals surface area (Å²) in [5.41, 5.74) is -0.981. The van der Waals surface area contributed by atoms with Gasteiger partial charge >= 0.3 is 12.1 Å². The highest BCUT2D eigenvalue weighted by atomic mass is 19.4. The summed E-state index contributed by atoms with van der Waals surface area (Å²) in [6.07, 6.45) is -2.56. The Labute approximate surface area is 190 Å². The summed E-state index contributed by atoms with van der Waals surface area (Å²) in [6.45, 7) is 0. The lowest BCUT2D eigenvalue weighted by Crippen LogP contribution is -2.27. The quantitative estimate of drug-likeness (QED) is 0.350. The predicted molar refractivity (Wildman–Crippen MR) is 114 cm³/mol. The number of amides is 1. The molecule has 0 fully saturated rings. The number of nitrogens with zero attached hydrogens (tertiary/aromatic N) is 1.